The molecule has 3 N–H and O–H groups in total. The van der Waals surface area contributed by atoms with E-state index in [2.05, 4.69) is 5.32 Å². The molecule has 0 fully saturated rings. The van der Waals surface area contributed by atoms with Crippen LogP contribution in [-0.4, -0.2) is 11.9 Å². The zero-order chi connectivity index (χ0) is 15.5. The van der Waals surface area contributed by atoms with Gasteiger partial charge >= 0.3 is 0 Å². The summed E-state index contributed by atoms with van der Waals surface area (Å²) in [7, 11) is 0. The maximum absolute atomic E-state index is 13.4. The molecule has 3 nitrogen and oxygen atoms in total. The van der Waals surface area contributed by atoms with Crippen LogP contribution < -0.4 is 11.1 Å². The van der Waals surface area contributed by atoms with E-state index in [4.69, 9.17) is 5.73 Å². The predicted molar refractivity (Wildman–Crippen MR) is 71.6 cm³/mol. The molecule has 1 aromatic rings. The molecular formula is C14H19F3N2O. The van der Waals surface area contributed by atoms with Crippen molar-refractivity contribution in [2.24, 2.45) is 11.1 Å². The Morgan fingerprint density at radius 1 is 1.25 bits per heavy atom. The summed E-state index contributed by atoms with van der Waals surface area (Å²) >= 11 is 0. The van der Waals surface area contributed by atoms with Gasteiger partial charge in [0, 0.05) is 24.6 Å². The first-order valence-electron chi connectivity index (χ1n) is 6.28. The van der Waals surface area contributed by atoms with Crippen LogP contribution in [0.15, 0.2) is 12.1 Å². The summed E-state index contributed by atoms with van der Waals surface area (Å²) in [5, 5.41) is 2.09. The van der Waals surface area contributed by atoms with Crippen molar-refractivity contribution >= 4 is 11.6 Å². The number of hydrogen-bond acceptors (Lipinski definition) is 2. The number of hydrogen-bond donors (Lipinski definition) is 2. The lowest BCUT2D eigenvalue weighted by atomic mass is 9.87. The molecule has 0 bridgehead atoms. The lowest BCUT2D eigenvalue weighted by molar-refractivity contribution is -0.116. The molecule has 0 aliphatic heterocycles. The Bertz CT molecular complexity index is 475. The van der Waals surface area contributed by atoms with Crippen LogP contribution >= 0.6 is 0 Å². The zero-order valence-electron chi connectivity index (χ0n) is 11.8. The molecule has 0 aliphatic carbocycles. The number of amides is 1. The fourth-order valence-corrected chi connectivity index (χ4v) is 1.95. The van der Waals surface area contributed by atoms with Gasteiger partial charge in [-0.25, -0.2) is 13.2 Å². The summed E-state index contributed by atoms with van der Waals surface area (Å²) in [6, 6.07) is 0.600. The average Bonchev–Trinajstić information content (AvgIpc) is 2.20. The van der Waals surface area contributed by atoms with E-state index >= 15 is 0 Å². The normalized spacial score (nSPS) is 13.2. The minimum atomic E-state index is -1.15. The number of nitrogens with one attached hydrogen (secondary N) is 1. The Morgan fingerprint density at radius 3 is 2.20 bits per heavy atom. The Hall–Kier alpha value is -1.56. The summed E-state index contributed by atoms with van der Waals surface area (Å²) in [5.74, 6) is -3.95. The highest BCUT2D eigenvalue weighted by atomic mass is 19.1. The van der Waals surface area contributed by atoms with E-state index in [0.717, 1.165) is 0 Å². The molecule has 0 saturated heterocycles. The highest BCUT2D eigenvalue weighted by Crippen LogP contribution is 2.23. The van der Waals surface area contributed by atoms with Gasteiger partial charge in [-0.3, -0.25) is 4.79 Å². The maximum atomic E-state index is 13.4. The maximum Gasteiger partial charge on any atom is 0.226 e. The first kappa shape index (κ1) is 16.5. The number of rotatable bonds is 4. The summed E-state index contributed by atoms with van der Waals surface area (Å²) < 4.78 is 39.4. The molecule has 1 amide bonds. The first-order chi connectivity index (χ1) is 9.08. The monoisotopic (exact) mass is 288 g/mol. The average molecular weight is 288 g/mol. The van der Waals surface area contributed by atoms with Crippen LogP contribution in [0.4, 0.5) is 18.9 Å². The minimum Gasteiger partial charge on any atom is -0.327 e. The van der Waals surface area contributed by atoms with Gasteiger partial charge in [-0.05, 0) is 11.8 Å². The van der Waals surface area contributed by atoms with Crippen molar-refractivity contribution in [2.45, 2.75) is 39.7 Å². The molecular weight excluding hydrogens is 269 g/mol. The molecule has 0 saturated carbocycles. The molecule has 112 valence electrons. The second kappa shape index (κ2) is 6.26. The smallest absolute Gasteiger partial charge is 0.226 e. The molecule has 1 rings (SSSR count). The first-order valence-corrected chi connectivity index (χ1v) is 6.28. The van der Waals surface area contributed by atoms with Gasteiger partial charge in [-0.1, -0.05) is 20.8 Å². The third-order valence-corrected chi connectivity index (χ3v) is 2.59. The van der Waals surface area contributed by atoms with Gasteiger partial charge in [0.1, 0.15) is 11.5 Å². The summed E-state index contributed by atoms with van der Waals surface area (Å²) in [5.41, 5.74) is 5.10. The van der Waals surface area contributed by atoms with E-state index in [1.165, 1.54) is 0 Å². The Balaban J connectivity index is 2.68. The molecule has 0 aliphatic rings. The van der Waals surface area contributed by atoms with Crippen LogP contribution in [0.25, 0.3) is 0 Å². The standard InChI is InChI=1S/C14H19F3N2O/c1-14(2,3)7-9(18)6-12(20)19-13-10(16)4-8(15)5-11(13)17/h4-5,9H,6-7,18H2,1-3H3,(H,19,20). The van der Waals surface area contributed by atoms with Crippen molar-refractivity contribution in [3.63, 3.8) is 0 Å². The van der Waals surface area contributed by atoms with Crippen molar-refractivity contribution < 1.29 is 18.0 Å². The third-order valence-electron chi connectivity index (χ3n) is 2.59. The zero-order valence-corrected chi connectivity index (χ0v) is 11.8. The van der Waals surface area contributed by atoms with Gasteiger partial charge in [-0.2, -0.15) is 0 Å². The van der Waals surface area contributed by atoms with E-state index < -0.39 is 35.1 Å². The predicted octanol–water partition coefficient (Wildman–Crippen LogP) is 3.20. The molecule has 0 radical (unpaired) electrons. The SMILES string of the molecule is CC(C)(C)CC(N)CC(=O)Nc1c(F)cc(F)cc1F. The van der Waals surface area contributed by atoms with Crippen LogP contribution in [0, 0.1) is 22.9 Å². The molecule has 0 aromatic heterocycles. The van der Waals surface area contributed by atoms with Gasteiger partial charge in [-0.15, -0.1) is 0 Å². The highest BCUT2D eigenvalue weighted by molar-refractivity contribution is 5.91. The van der Waals surface area contributed by atoms with Crippen LogP contribution in [0.2, 0.25) is 0 Å². The van der Waals surface area contributed by atoms with E-state index in [1.807, 2.05) is 20.8 Å². The largest absolute Gasteiger partial charge is 0.327 e. The number of nitrogens with two attached hydrogens (primary N) is 1. The number of halogens is 3. The van der Waals surface area contributed by atoms with Crippen LogP contribution in [0.1, 0.15) is 33.6 Å². The van der Waals surface area contributed by atoms with E-state index in [1.54, 1.807) is 0 Å². The van der Waals surface area contributed by atoms with Crippen molar-refractivity contribution in [1.82, 2.24) is 0 Å². The number of anilines is 1. The molecule has 6 heteroatoms. The lowest BCUT2D eigenvalue weighted by Gasteiger charge is -2.22. The third kappa shape index (κ3) is 5.21. The summed E-state index contributed by atoms with van der Waals surface area (Å²) in [6.45, 7) is 5.93. The van der Waals surface area contributed by atoms with Crippen molar-refractivity contribution in [1.29, 1.82) is 0 Å². The Morgan fingerprint density at radius 2 is 1.75 bits per heavy atom. The molecule has 0 spiro atoms. The molecule has 0 heterocycles. The van der Waals surface area contributed by atoms with Crippen LogP contribution in [-0.2, 0) is 4.79 Å². The van der Waals surface area contributed by atoms with E-state index in [0.29, 0.717) is 18.6 Å². The summed E-state index contributed by atoms with van der Waals surface area (Å²) in [4.78, 5) is 11.7. The molecule has 1 atom stereocenters. The van der Waals surface area contributed by atoms with Crippen molar-refractivity contribution in [2.75, 3.05) is 5.32 Å². The topological polar surface area (TPSA) is 55.1 Å². The van der Waals surface area contributed by atoms with Crippen molar-refractivity contribution in [3.05, 3.63) is 29.6 Å². The number of carbonyl (C=O) groups excluding carboxylic acids is 1. The highest BCUT2D eigenvalue weighted by Gasteiger charge is 2.20. The van der Waals surface area contributed by atoms with Gasteiger partial charge in [0.05, 0.1) is 0 Å². The fourth-order valence-electron chi connectivity index (χ4n) is 1.95. The fraction of sp³-hybridized carbons (Fsp3) is 0.500. The molecule has 1 unspecified atom stereocenters. The quantitative estimate of drug-likeness (QED) is 0.894. The van der Waals surface area contributed by atoms with E-state index in [-0.39, 0.29) is 11.8 Å². The number of benzene rings is 1. The molecule has 20 heavy (non-hydrogen) atoms. The van der Waals surface area contributed by atoms with Gasteiger partial charge in [0.25, 0.3) is 0 Å². The summed E-state index contributed by atoms with van der Waals surface area (Å²) in [6.07, 6.45) is 0.530. The second-order valence-electron chi connectivity index (χ2n) is 6.02. The van der Waals surface area contributed by atoms with Crippen molar-refractivity contribution in [3.8, 4) is 0 Å². The number of carbonyl (C=O) groups is 1. The van der Waals surface area contributed by atoms with Crippen LogP contribution in [0.5, 0.6) is 0 Å². The lowest BCUT2D eigenvalue weighted by Crippen LogP contribution is -2.31. The Labute approximate surface area is 116 Å². The van der Waals surface area contributed by atoms with Gasteiger partial charge in [0.2, 0.25) is 5.91 Å². The van der Waals surface area contributed by atoms with E-state index in [9.17, 15) is 18.0 Å². The second-order valence-corrected chi connectivity index (χ2v) is 6.02. The molecule has 1 aromatic carbocycles. The Kier molecular flexibility index (Phi) is 5.16. The van der Waals surface area contributed by atoms with Gasteiger partial charge < -0.3 is 11.1 Å². The van der Waals surface area contributed by atoms with Crippen LogP contribution in [0.3, 0.4) is 0 Å². The minimum absolute atomic E-state index is 0.0495. The van der Waals surface area contributed by atoms with Gasteiger partial charge in [0.15, 0.2) is 11.6 Å².